The summed E-state index contributed by atoms with van der Waals surface area (Å²) >= 11 is 0. The van der Waals surface area contributed by atoms with Crippen LogP contribution in [0.1, 0.15) is 10.4 Å². The second-order valence-corrected chi connectivity index (χ2v) is 2.43. The summed E-state index contributed by atoms with van der Waals surface area (Å²) in [7, 11) is 0. The van der Waals surface area contributed by atoms with Gasteiger partial charge in [-0.3, -0.25) is 0 Å². The third-order valence-corrected chi connectivity index (χ3v) is 1.44. The largest absolute Gasteiger partial charge is 0.507 e. The molecule has 1 aromatic carbocycles. The van der Waals surface area contributed by atoms with Gasteiger partial charge in [0.2, 0.25) is 5.69 Å². The standard InChI is InChI=1S/C7H5N3O5/c11-6-3-4(8-9-10(14)15)1-2-5(6)7(12)13/h1-3,11H,(H,12,13). The minimum atomic E-state index is -1.30. The number of nitro groups is 1. The number of nitrogens with zero attached hydrogens (tertiary/aromatic N) is 3. The number of aromatic hydroxyl groups is 1. The highest BCUT2D eigenvalue weighted by Gasteiger charge is 2.11. The van der Waals surface area contributed by atoms with Crippen LogP contribution in [-0.4, -0.2) is 21.2 Å². The summed E-state index contributed by atoms with van der Waals surface area (Å²) in [6.07, 6.45) is 0. The number of rotatable bonds is 3. The lowest BCUT2D eigenvalue weighted by Gasteiger charge is -1.96. The molecule has 0 heterocycles. The first-order valence-corrected chi connectivity index (χ1v) is 3.63. The van der Waals surface area contributed by atoms with Crippen molar-refractivity contribution in [2.45, 2.75) is 0 Å². The molecule has 0 amide bonds. The molecule has 0 bridgehead atoms. The molecule has 0 atom stereocenters. The maximum atomic E-state index is 10.5. The van der Waals surface area contributed by atoms with Gasteiger partial charge < -0.3 is 20.3 Å². The van der Waals surface area contributed by atoms with Gasteiger partial charge in [-0.2, -0.15) is 0 Å². The number of hydrogen-bond donors (Lipinski definition) is 2. The number of carboxylic acid groups (broad SMARTS) is 1. The molecule has 0 spiro atoms. The normalized spacial score (nSPS) is 10.4. The van der Waals surface area contributed by atoms with E-state index in [4.69, 9.17) is 5.11 Å². The Morgan fingerprint density at radius 1 is 1.47 bits per heavy atom. The number of phenols is 1. The van der Waals surface area contributed by atoms with Crippen molar-refractivity contribution in [2.75, 3.05) is 0 Å². The highest BCUT2D eigenvalue weighted by atomic mass is 16.7. The van der Waals surface area contributed by atoms with Crippen molar-refractivity contribution in [1.82, 2.24) is 0 Å². The summed E-state index contributed by atoms with van der Waals surface area (Å²) in [5, 5.41) is 32.3. The van der Waals surface area contributed by atoms with E-state index in [0.717, 1.165) is 12.1 Å². The second-order valence-electron chi connectivity index (χ2n) is 2.43. The molecule has 78 valence electrons. The molecule has 8 heteroatoms. The predicted molar refractivity (Wildman–Crippen MR) is 46.6 cm³/mol. The van der Waals surface area contributed by atoms with Crippen LogP contribution in [0.4, 0.5) is 5.69 Å². The highest BCUT2D eigenvalue weighted by Crippen LogP contribution is 2.23. The third kappa shape index (κ3) is 2.72. The first-order valence-electron chi connectivity index (χ1n) is 3.63. The Bertz CT molecular complexity index is 442. The van der Waals surface area contributed by atoms with Crippen LogP contribution in [0.15, 0.2) is 28.5 Å². The fourth-order valence-electron chi connectivity index (χ4n) is 0.851. The van der Waals surface area contributed by atoms with Crippen molar-refractivity contribution >= 4 is 11.7 Å². The van der Waals surface area contributed by atoms with Crippen LogP contribution < -0.4 is 0 Å². The highest BCUT2D eigenvalue weighted by molar-refractivity contribution is 5.91. The Morgan fingerprint density at radius 3 is 2.60 bits per heavy atom. The first-order chi connectivity index (χ1) is 7.00. The van der Waals surface area contributed by atoms with Gasteiger partial charge in [0.1, 0.15) is 11.3 Å². The molecule has 0 unspecified atom stereocenters. The van der Waals surface area contributed by atoms with E-state index < -0.39 is 16.8 Å². The Balaban J connectivity index is 3.01. The molecule has 0 fully saturated rings. The Kier molecular flexibility index (Phi) is 2.91. The van der Waals surface area contributed by atoms with E-state index in [2.05, 4.69) is 10.3 Å². The molecule has 2 N–H and O–H groups in total. The molecule has 0 saturated heterocycles. The zero-order valence-electron chi connectivity index (χ0n) is 7.19. The average molecular weight is 211 g/mol. The Labute approximate surface area is 82.6 Å². The second kappa shape index (κ2) is 4.13. The number of aromatic carboxylic acids is 1. The molecule has 0 aliphatic carbocycles. The Morgan fingerprint density at radius 2 is 2.13 bits per heavy atom. The molecule has 0 saturated carbocycles. The van der Waals surface area contributed by atoms with Gasteiger partial charge in [0.15, 0.2) is 5.22 Å². The first kappa shape index (κ1) is 10.6. The van der Waals surface area contributed by atoms with Crippen LogP contribution >= 0.6 is 0 Å². The molecule has 0 aliphatic heterocycles. The molecule has 15 heavy (non-hydrogen) atoms. The lowest BCUT2D eigenvalue weighted by molar-refractivity contribution is -0.493. The van der Waals surface area contributed by atoms with Crippen LogP contribution in [0, 0.1) is 10.1 Å². The van der Waals surface area contributed by atoms with Crippen LogP contribution in [0.5, 0.6) is 5.75 Å². The molecule has 1 rings (SSSR count). The predicted octanol–water partition coefficient (Wildman–Crippen LogP) is 1.37. The Hall–Kier alpha value is -2.51. The molecule has 8 nitrogen and oxygen atoms in total. The van der Waals surface area contributed by atoms with E-state index >= 15 is 0 Å². The molecule has 0 radical (unpaired) electrons. The SMILES string of the molecule is O=C(O)c1ccc(N=N[N+](=O)[O-])cc1O. The third-order valence-electron chi connectivity index (χ3n) is 1.44. The van der Waals surface area contributed by atoms with Crippen LogP contribution in [-0.2, 0) is 0 Å². The fraction of sp³-hybridized carbons (Fsp3) is 0. The van der Waals surface area contributed by atoms with Gasteiger partial charge in [-0.05, 0) is 12.1 Å². The molecular weight excluding hydrogens is 206 g/mol. The number of carbonyl (C=O) groups is 1. The van der Waals surface area contributed by atoms with E-state index in [9.17, 15) is 20.0 Å². The molecular formula is C7H5N3O5. The summed E-state index contributed by atoms with van der Waals surface area (Å²) in [4.78, 5) is 20.3. The zero-order valence-corrected chi connectivity index (χ0v) is 7.19. The van der Waals surface area contributed by atoms with Crippen molar-refractivity contribution in [3.05, 3.63) is 33.9 Å². The van der Waals surface area contributed by atoms with Gasteiger partial charge in [0.25, 0.3) is 0 Å². The summed E-state index contributed by atoms with van der Waals surface area (Å²) in [5.74, 6) is -1.83. The quantitative estimate of drug-likeness (QED) is 0.443. The van der Waals surface area contributed by atoms with Gasteiger partial charge in [-0.25, -0.2) is 4.79 Å². The van der Waals surface area contributed by atoms with Crippen LogP contribution in [0.3, 0.4) is 0 Å². The van der Waals surface area contributed by atoms with Gasteiger partial charge in [0, 0.05) is 6.07 Å². The minimum Gasteiger partial charge on any atom is -0.507 e. The molecule has 0 aromatic heterocycles. The van der Waals surface area contributed by atoms with E-state index in [-0.39, 0.29) is 11.3 Å². The fourth-order valence-corrected chi connectivity index (χ4v) is 0.851. The zero-order chi connectivity index (χ0) is 11.4. The topological polar surface area (TPSA) is 125 Å². The summed E-state index contributed by atoms with van der Waals surface area (Å²) < 4.78 is 0. The van der Waals surface area contributed by atoms with Crippen molar-refractivity contribution < 1.29 is 20.0 Å². The summed E-state index contributed by atoms with van der Waals surface area (Å²) in [6, 6.07) is 3.23. The van der Waals surface area contributed by atoms with Gasteiger partial charge in [-0.1, -0.05) is 0 Å². The van der Waals surface area contributed by atoms with E-state index in [1.807, 2.05) is 0 Å². The number of hydrogen-bond acceptors (Lipinski definition) is 5. The van der Waals surface area contributed by atoms with Crippen molar-refractivity contribution in [2.24, 2.45) is 10.3 Å². The maximum absolute atomic E-state index is 10.5. The van der Waals surface area contributed by atoms with Crippen molar-refractivity contribution in [3.63, 3.8) is 0 Å². The van der Waals surface area contributed by atoms with E-state index in [1.165, 1.54) is 6.07 Å². The molecule has 1 aromatic rings. The van der Waals surface area contributed by atoms with Gasteiger partial charge in [0.05, 0.1) is 10.1 Å². The minimum absolute atomic E-state index is 0.00537. The van der Waals surface area contributed by atoms with Crippen LogP contribution in [0.25, 0.3) is 0 Å². The lowest BCUT2D eigenvalue weighted by atomic mass is 10.2. The molecule has 0 aliphatic rings. The van der Waals surface area contributed by atoms with Crippen molar-refractivity contribution in [3.8, 4) is 5.75 Å². The van der Waals surface area contributed by atoms with Gasteiger partial charge >= 0.3 is 5.97 Å². The van der Waals surface area contributed by atoms with Crippen LogP contribution in [0.2, 0.25) is 0 Å². The smallest absolute Gasteiger partial charge is 0.339 e. The van der Waals surface area contributed by atoms with E-state index in [1.54, 1.807) is 0 Å². The monoisotopic (exact) mass is 211 g/mol. The lowest BCUT2D eigenvalue weighted by Crippen LogP contribution is -1.95. The number of benzene rings is 1. The summed E-state index contributed by atoms with van der Waals surface area (Å²) in [6.45, 7) is 0. The maximum Gasteiger partial charge on any atom is 0.339 e. The summed E-state index contributed by atoms with van der Waals surface area (Å²) in [5.41, 5.74) is -0.316. The van der Waals surface area contributed by atoms with Crippen molar-refractivity contribution in [1.29, 1.82) is 0 Å². The van der Waals surface area contributed by atoms with E-state index in [0.29, 0.717) is 0 Å². The van der Waals surface area contributed by atoms with Gasteiger partial charge in [-0.15, -0.1) is 0 Å². The number of carboxylic acids is 1. The average Bonchev–Trinajstić information content (AvgIpc) is 2.14.